The smallest absolute Gasteiger partial charge is 0.0953 e. The third-order valence-corrected chi connectivity index (χ3v) is 2.53. The minimum atomic E-state index is -0.0322. The van der Waals surface area contributed by atoms with E-state index in [1.807, 2.05) is 35.0 Å². The zero-order chi connectivity index (χ0) is 10.7. The van der Waals surface area contributed by atoms with Crippen LogP contribution in [-0.4, -0.2) is 14.7 Å². The standard InChI is InChI=1S/C11H11ClN2O/c12-11-4-2-1-3-9(11)5-14-6-10(7-15)13-8-14/h1-4,6,8,15H,5,7H2. The number of hydrogen-bond acceptors (Lipinski definition) is 2. The Hall–Kier alpha value is -1.32. The maximum atomic E-state index is 8.87. The molecule has 0 fully saturated rings. The predicted octanol–water partition coefficient (Wildman–Crippen LogP) is 2.08. The van der Waals surface area contributed by atoms with Crippen molar-refractivity contribution in [1.82, 2.24) is 9.55 Å². The summed E-state index contributed by atoms with van der Waals surface area (Å²) < 4.78 is 1.90. The first-order chi connectivity index (χ1) is 7.29. The van der Waals surface area contributed by atoms with Gasteiger partial charge in [-0.05, 0) is 11.6 Å². The molecule has 0 spiro atoms. The van der Waals surface area contributed by atoms with Crippen molar-refractivity contribution < 1.29 is 5.11 Å². The molecule has 0 aliphatic heterocycles. The van der Waals surface area contributed by atoms with E-state index < -0.39 is 0 Å². The normalized spacial score (nSPS) is 10.5. The van der Waals surface area contributed by atoms with Gasteiger partial charge in [0.1, 0.15) is 0 Å². The number of imidazole rings is 1. The molecule has 0 saturated heterocycles. The summed E-state index contributed by atoms with van der Waals surface area (Å²) in [7, 11) is 0. The van der Waals surface area contributed by atoms with Gasteiger partial charge in [0.15, 0.2) is 0 Å². The summed E-state index contributed by atoms with van der Waals surface area (Å²) >= 11 is 6.03. The van der Waals surface area contributed by atoms with Gasteiger partial charge < -0.3 is 9.67 Å². The topological polar surface area (TPSA) is 38.0 Å². The Morgan fingerprint density at radius 1 is 1.33 bits per heavy atom. The van der Waals surface area contributed by atoms with Gasteiger partial charge in [-0.1, -0.05) is 29.8 Å². The van der Waals surface area contributed by atoms with Crippen LogP contribution >= 0.6 is 11.6 Å². The Balaban J connectivity index is 2.18. The molecule has 2 rings (SSSR count). The van der Waals surface area contributed by atoms with Crippen molar-refractivity contribution in [2.24, 2.45) is 0 Å². The van der Waals surface area contributed by atoms with Gasteiger partial charge >= 0.3 is 0 Å². The van der Waals surface area contributed by atoms with Crippen LogP contribution in [0, 0.1) is 0 Å². The molecule has 1 N–H and O–H groups in total. The van der Waals surface area contributed by atoms with Crippen LogP contribution < -0.4 is 0 Å². The summed E-state index contributed by atoms with van der Waals surface area (Å²) in [6, 6.07) is 7.69. The highest BCUT2D eigenvalue weighted by atomic mass is 35.5. The van der Waals surface area contributed by atoms with E-state index in [-0.39, 0.29) is 6.61 Å². The molecule has 78 valence electrons. The lowest BCUT2D eigenvalue weighted by Gasteiger charge is -2.03. The molecule has 3 nitrogen and oxygen atoms in total. The molecule has 0 aliphatic rings. The number of hydrogen-bond donors (Lipinski definition) is 1. The quantitative estimate of drug-likeness (QED) is 0.864. The first-order valence-corrected chi connectivity index (χ1v) is 5.02. The van der Waals surface area contributed by atoms with Gasteiger partial charge in [-0.3, -0.25) is 0 Å². The summed E-state index contributed by atoms with van der Waals surface area (Å²) in [6.45, 7) is 0.641. The Morgan fingerprint density at radius 3 is 2.80 bits per heavy atom. The Kier molecular flexibility index (Phi) is 3.04. The fraction of sp³-hybridized carbons (Fsp3) is 0.182. The molecule has 0 radical (unpaired) electrons. The van der Waals surface area contributed by atoms with Gasteiger partial charge in [-0.15, -0.1) is 0 Å². The van der Waals surface area contributed by atoms with E-state index in [1.165, 1.54) is 0 Å². The highest BCUT2D eigenvalue weighted by Crippen LogP contribution is 2.16. The lowest BCUT2D eigenvalue weighted by atomic mass is 10.2. The maximum absolute atomic E-state index is 8.87. The molecular weight excluding hydrogens is 212 g/mol. The van der Waals surface area contributed by atoms with Gasteiger partial charge in [0.2, 0.25) is 0 Å². The van der Waals surface area contributed by atoms with Crippen LogP contribution in [0.2, 0.25) is 5.02 Å². The van der Waals surface area contributed by atoms with E-state index in [2.05, 4.69) is 4.98 Å². The number of nitrogens with zero attached hydrogens (tertiary/aromatic N) is 2. The van der Waals surface area contributed by atoms with Crippen molar-refractivity contribution in [3.05, 3.63) is 53.1 Å². The zero-order valence-electron chi connectivity index (χ0n) is 8.10. The summed E-state index contributed by atoms with van der Waals surface area (Å²) in [4.78, 5) is 4.03. The SMILES string of the molecule is OCc1cn(Cc2ccccc2Cl)cn1. The van der Waals surface area contributed by atoms with E-state index in [0.717, 1.165) is 10.6 Å². The fourth-order valence-corrected chi connectivity index (χ4v) is 1.59. The molecule has 0 amide bonds. The molecule has 2 aromatic rings. The van der Waals surface area contributed by atoms with Crippen molar-refractivity contribution >= 4 is 11.6 Å². The van der Waals surface area contributed by atoms with Crippen molar-refractivity contribution in [2.75, 3.05) is 0 Å². The van der Waals surface area contributed by atoms with E-state index in [4.69, 9.17) is 16.7 Å². The summed E-state index contributed by atoms with van der Waals surface area (Å²) in [5, 5.41) is 9.62. The molecule has 0 bridgehead atoms. The summed E-state index contributed by atoms with van der Waals surface area (Å²) in [6.07, 6.45) is 3.50. The van der Waals surface area contributed by atoms with Gasteiger partial charge in [0.05, 0.1) is 18.6 Å². The number of aromatic nitrogens is 2. The molecule has 0 unspecified atom stereocenters. The summed E-state index contributed by atoms with van der Waals surface area (Å²) in [5.74, 6) is 0. The molecule has 1 heterocycles. The summed E-state index contributed by atoms with van der Waals surface area (Å²) in [5.41, 5.74) is 1.71. The lowest BCUT2D eigenvalue weighted by Crippen LogP contribution is -1.96. The number of benzene rings is 1. The molecular formula is C11H11ClN2O. The number of aliphatic hydroxyl groups excluding tert-OH is 1. The maximum Gasteiger partial charge on any atom is 0.0953 e. The zero-order valence-corrected chi connectivity index (χ0v) is 8.85. The van der Waals surface area contributed by atoms with Crippen LogP contribution in [-0.2, 0) is 13.2 Å². The molecule has 4 heteroatoms. The van der Waals surface area contributed by atoms with Crippen LogP contribution in [0.25, 0.3) is 0 Å². The molecule has 0 saturated carbocycles. The second-order valence-electron chi connectivity index (χ2n) is 3.29. The highest BCUT2D eigenvalue weighted by Gasteiger charge is 2.01. The second-order valence-corrected chi connectivity index (χ2v) is 3.69. The van der Waals surface area contributed by atoms with Crippen molar-refractivity contribution in [3.8, 4) is 0 Å². The van der Waals surface area contributed by atoms with Crippen molar-refractivity contribution in [3.63, 3.8) is 0 Å². The third-order valence-electron chi connectivity index (χ3n) is 2.16. The van der Waals surface area contributed by atoms with Crippen molar-refractivity contribution in [2.45, 2.75) is 13.2 Å². The van der Waals surface area contributed by atoms with Crippen LogP contribution in [0.4, 0.5) is 0 Å². The fourth-order valence-electron chi connectivity index (χ4n) is 1.40. The molecule has 0 aliphatic carbocycles. The molecule has 1 aromatic heterocycles. The lowest BCUT2D eigenvalue weighted by molar-refractivity contribution is 0.277. The first-order valence-electron chi connectivity index (χ1n) is 4.64. The minimum Gasteiger partial charge on any atom is -0.390 e. The van der Waals surface area contributed by atoms with Gasteiger partial charge in [-0.2, -0.15) is 0 Å². The predicted molar refractivity (Wildman–Crippen MR) is 58.7 cm³/mol. The first kappa shape index (κ1) is 10.2. The number of halogens is 1. The van der Waals surface area contributed by atoms with Crippen LogP contribution in [0.3, 0.4) is 0 Å². The highest BCUT2D eigenvalue weighted by molar-refractivity contribution is 6.31. The minimum absolute atomic E-state index is 0.0322. The van der Waals surface area contributed by atoms with Crippen LogP contribution in [0.1, 0.15) is 11.3 Å². The largest absolute Gasteiger partial charge is 0.390 e. The molecule has 15 heavy (non-hydrogen) atoms. The van der Waals surface area contributed by atoms with Gasteiger partial charge in [-0.25, -0.2) is 4.98 Å². The Morgan fingerprint density at radius 2 is 2.13 bits per heavy atom. The molecule has 0 atom stereocenters. The van der Waals surface area contributed by atoms with Crippen molar-refractivity contribution in [1.29, 1.82) is 0 Å². The van der Waals surface area contributed by atoms with E-state index >= 15 is 0 Å². The Labute approximate surface area is 93.0 Å². The average molecular weight is 223 g/mol. The third kappa shape index (κ3) is 2.37. The Bertz CT molecular complexity index is 453. The molecule has 1 aromatic carbocycles. The van der Waals surface area contributed by atoms with Gasteiger partial charge in [0, 0.05) is 17.8 Å². The van der Waals surface area contributed by atoms with E-state index in [1.54, 1.807) is 6.33 Å². The van der Waals surface area contributed by atoms with E-state index in [9.17, 15) is 0 Å². The van der Waals surface area contributed by atoms with Crippen LogP contribution in [0.5, 0.6) is 0 Å². The van der Waals surface area contributed by atoms with E-state index in [0.29, 0.717) is 12.2 Å². The number of rotatable bonds is 3. The average Bonchev–Trinajstić information content (AvgIpc) is 2.69. The van der Waals surface area contributed by atoms with Gasteiger partial charge in [0.25, 0.3) is 0 Å². The number of aliphatic hydroxyl groups is 1. The van der Waals surface area contributed by atoms with Crippen LogP contribution in [0.15, 0.2) is 36.8 Å². The second kappa shape index (κ2) is 4.47. The monoisotopic (exact) mass is 222 g/mol.